The summed E-state index contributed by atoms with van der Waals surface area (Å²) in [7, 11) is 0. The number of thiazole rings is 1. The molecule has 3 rings (SSSR count). The lowest BCUT2D eigenvalue weighted by atomic mass is 10.0. The van der Waals surface area contributed by atoms with Crippen LogP contribution >= 0.6 is 11.3 Å². The molecule has 0 spiro atoms. The fourth-order valence-corrected chi connectivity index (χ4v) is 4.48. The third kappa shape index (κ3) is 8.93. The minimum absolute atomic E-state index is 0.0323. The van der Waals surface area contributed by atoms with E-state index in [2.05, 4.69) is 26.7 Å². The minimum atomic E-state index is -0.460. The molecule has 0 radical (unpaired) electrons. The van der Waals surface area contributed by atoms with E-state index in [9.17, 15) is 14.4 Å². The molecule has 12 heteroatoms. The predicted molar refractivity (Wildman–Crippen MR) is 147 cm³/mol. The predicted octanol–water partition coefficient (Wildman–Crippen LogP) is 3.73. The third-order valence-electron chi connectivity index (χ3n) is 5.86. The molecule has 1 unspecified atom stereocenters. The maximum atomic E-state index is 13.5. The molecule has 0 aliphatic rings. The first-order chi connectivity index (χ1) is 18.8. The molecule has 1 atom stereocenters. The van der Waals surface area contributed by atoms with E-state index in [0.29, 0.717) is 22.1 Å². The van der Waals surface area contributed by atoms with E-state index in [1.165, 1.54) is 11.1 Å². The van der Waals surface area contributed by atoms with Crippen molar-refractivity contribution in [2.75, 3.05) is 18.1 Å². The second kappa shape index (κ2) is 14.6. The van der Waals surface area contributed by atoms with Crippen molar-refractivity contribution in [3.8, 4) is 6.07 Å². The lowest BCUT2D eigenvalue weighted by Crippen LogP contribution is -2.47. The molecule has 0 saturated carbocycles. The summed E-state index contributed by atoms with van der Waals surface area (Å²) < 4.78 is 7.00. The first kappa shape index (κ1) is 29.3. The van der Waals surface area contributed by atoms with Gasteiger partial charge >= 0.3 is 12.0 Å². The summed E-state index contributed by atoms with van der Waals surface area (Å²) in [5.74, 6) is -0.697. The molecule has 0 fully saturated rings. The van der Waals surface area contributed by atoms with Crippen molar-refractivity contribution in [3.63, 3.8) is 0 Å². The summed E-state index contributed by atoms with van der Waals surface area (Å²) in [5.41, 5.74) is 1.28. The van der Waals surface area contributed by atoms with Gasteiger partial charge in [-0.15, -0.1) is 0 Å². The molecule has 2 N–H and O–H groups in total. The number of nitrogens with zero attached hydrogens (tertiary/aromatic N) is 5. The van der Waals surface area contributed by atoms with E-state index >= 15 is 0 Å². The Balaban J connectivity index is 1.73. The number of rotatable bonds is 13. The summed E-state index contributed by atoms with van der Waals surface area (Å²) in [6.45, 7) is 7.17. The van der Waals surface area contributed by atoms with E-state index in [1.54, 1.807) is 43.7 Å². The number of urea groups is 1. The normalized spacial score (nSPS) is 11.5. The van der Waals surface area contributed by atoms with Crippen LogP contribution in [0.5, 0.6) is 0 Å². The number of nitriles is 1. The Bertz CT molecular complexity index is 1270. The second-order valence-electron chi connectivity index (χ2n) is 9.12. The Morgan fingerprint density at radius 3 is 2.64 bits per heavy atom. The van der Waals surface area contributed by atoms with Gasteiger partial charge in [0.05, 0.1) is 43.7 Å². The molecule has 1 aromatic carbocycles. The molecular formula is C27H33N7O4S. The van der Waals surface area contributed by atoms with Crippen molar-refractivity contribution in [2.24, 2.45) is 5.92 Å². The zero-order chi connectivity index (χ0) is 28.2. The van der Waals surface area contributed by atoms with Crippen LogP contribution < -0.4 is 15.5 Å². The molecule has 0 aliphatic carbocycles. The zero-order valence-corrected chi connectivity index (χ0v) is 23.1. The van der Waals surface area contributed by atoms with Crippen molar-refractivity contribution < 1.29 is 19.1 Å². The number of hydrogen-bond acceptors (Lipinski definition) is 8. The van der Waals surface area contributed by atoms with Gasteiger partial charge in [-0.3, -0.25) is 14.5 Å². The highest BCUT2D eigenvalue weighted by Crippen LogP contribution is 2.25. The van der Waals surface area contributed by atoms with Gasteiger partial charge < -0.3 is 19.9 Å². The first-order valence-electron chi connectivity index (χ1n) is 12.7. The van der Waals surface area contributed by atoms with Crippen LogP contribution in [0.2, 0.25) is 0 Å². The molecule has 0 aliphatic heterocycles. The topological polar surface area (TPSA) is 142 Å². The van der Waals surface area contributed by atoms with Gasteiger partial charge in [0.2, 0.25) is 0 Å². The van der Waals surface area contributed by atoms with Crippen molar-refractivity contribution in [3.05, 3.63) is 65.2 Å². The number of carbonyl (C=O) groups is 3. The maximum Gasteiger partial charge on any atom is 0.324 e. The van der Waals surface area contributed by atoms with Gasteiger partial charge in [-0.25, -0.2) is 14.8 Å². The Morgan fingerprint density at radius 2 is 2.00 bits per heavy atom. The number of nitrogens with one attached hydrogen (secondary N) is 2. The largest absolute Gasteiger partial charge is 0.466 e. The molecule has 39 heavy (non-hydrogen) atoms. The van der Waals surface area contributed by atoms with E-state index < -0.39 is 18.0 Å². The first-order valence-corrected chi connectivity index (χ1v) is 13.5. The number of imidazole rings is 1. The monoisotopic (exact) mass is 551 g/mol. The summed E-state index contributed by atoms with van der Waals surface area (Å²) in [5, 5.41) is 15.3. The Kier molecular flexibility index (Phi) is 11.0. The smallest absolute Gasteiger partial charge is 0.324 e. The second-order valence-corrected chi connectivity index (χ2v) is 10.1. The fraction of sp³-hybridized carbons (Fsp3) is 0.407. The van der Waals surface area contributed by atoms with Crippen LogP contribution in [0.15, 0.2) is 49.2 Å². The molecule has 11 nitrogen and oxygen atoms in total. The average Bonchev–Trinajstić information content (AvgIpc) is 3.62. The highest BCUT2D eigenvalue weighted by molar-refractivity contribution is 7.17. The zero-order valence-electron chi connectivity index (χ0n) is 22.3. The standard InChI is InChI=1S/C27H33N7O4S/c1-4-38-24(35)14-22(19(2)3)32-26(37)34(17-21-8-6-20(15-28)7-9-21)27-31-16-23(39-27)25(36)30-10-5-12-33-13-11-29-18-33/h6-9,11,13,16,18-19,22H,4-5,10,12,14,17H2,1-3H3,(H,30,36)(H,32,37). The Hall–Kier alpha value is -4.24. The van der Waals surface area contributed by atoms with Crippen LogP contribution in [0, 0.1) is 17.2 Å². The highest BCUT2D eigenvalue weighted by Gasteiger charge is 2.26. The molecule has 2 aromatic heterocycles. The van der Waals surface area contributed by atoms with Gasteiger partial charge in [-0.2, -0.15) is 5.26 Å². The summed E-state index contributed by atoms with van der Waals surface area (Å²) >= 11 is 1.10. The number of amides is 3. The lowest BCUT2D eigenvalue weighted by molar-refractivity contribution is -0.143. The lowest BCUT2D eigenvalue weighted by Gasteiger charge is -2.26. The summed E-state index contributed by atoms with van der Waals surface area (Å²) in [6.07, 6.45) is 7.51. The Morgan fingerprint density at radius 1 is 1.23 bits per heavy atom. The molecule has 206 valence electrons. The van der Waals surface area contributed by atoms with Gasteiger partial charge in [-0.05, 0) is 37.0 Å². The highest BCUT2D eigenvalue weighted by atomic mass is 32.1. The van der Waals surface area contributed by atoms with Gasteiger partial charge in [-0.1, -0.05) is 37.3 Å². The molecule has 0 bridgehead atoms. The summed E-state index contributed by atoms with van der Waals surface area (Å²) in [6, 6.07) is 8.04. The SMILES string of the molecule is CCOC(=O)CC(NC(=O)N(Cc1ccc(C#N)cc1)c1ncc(C(=O)NCCCn2ccnc2)s1)C(C)C. The van der Waals surface area contributed by atoms with E-state index in [4.69, 9.17) is 10.00 Å². The maximum absolute atomic E-state index is 13.5. The molecule has 0 saturated heterocycles. The quantitative estimate of drug-likeness (QED) is 0.243. The number of esters is 1. The summed E-state index contributed by atoms with van der Waals surface area (Å²) in [4.78, 5) is 48.5. The van der Waals surface area contributed by atoms with Crippen molar-refractivity contribution in [1.29, 1.82) is 5.26 Å². The third-order valence-corrected chi connectivity index (χ3v) is 6.88. The van der Waals surface area contributed by atoms with Crippen molar-refractivity contribution in [1.82, 2.24) is 25.2 Å². The van der Waals surface area contributed by atoms with Crippen molar-refractivity contribution in [2.45, 2.75) is 52.7 Å². The van der Waals surface area contributed by atoms with Gasteiger partial charge in [0.1, 0.15) is 4.88 Å². The number of benzene rings is 1. The fourth-order valence-electron chi connectivity index (χ4n) is 3.65. The van der Waals surface area contributed by atoms with Gasteiger partial charge in [0.25, 0.3) is 5.91 Å². The van der Waals surface area contributed by atoms with Crippen LogP contribution in [-0.2, 0) is 22.6 Å². The van der Waals surface area contributed by atoms with Crippen LogP contribution in [0.1, 0.15) is 54.4 Å². The molecular weight excluding hydrogens is 518 g/mol. The number of aryl methyl sites for hydroxylation is 1. The van der Waals surface area contributed by atoms with Crippen LogP contribution in [0.4, 0.5) is 9.93 Å². The van der Waals surface area contributed by atoms with Gasteiger partial charge in [0.15, 0.2) is 5.13 Å². The minimum Gasteiger partial charge on any atom is -0.466 e. The van der Waals surface area contributed by atoms with E-state index in [0.717, 1.165) is 29.9 Å². The number of ether oxygens (including phenoxy) is 1. The Labute approximate surface area is 231 Å². The number of hydrogen-bond donors (Lipinski definition) is 2. The van der Waals surface area contributed by atoms with E-state index in [1.807, 2.05) is 24.6 Å². The molecule has 2 heterocycles. The molecule has 3 aromatic rings. The number of anilines is 1. The van der Waals surface area contributed by atoms with Crippen LogP contribution in [0.3, 0.4) is 0 Å². The number of carbonyl (C=O) groups excluding carboxylic acids is 3. The van der Waals surface area contributed by atoms with Crippen LogP contribution in [0.25, 0.3) is 0 Å². The van der Waals surface area contributed by atoms with Gasteiger partial charge in [0, 0.05) is 31.5 Å². The number of aromatic nitrogens is 3. The van der Waals surface area contributed by atoms with E-state index in [-0.39, 0.29) is 31.4 Å². The van der Waals surface area contributed by atoms with Crippen molar-refractivity contribution >= 4 is 34.4 Å². The average molecular weight is 552 g/mol. The van der Waals surface area contributed by atoms with Crippen LogP contribution in [-0.4, -0.2) is 51.6 Å². The molecule has 3 amide bonds.